The third-order valence-electron chi connectivity index (χ3n) is 12.6. The highest BCUT2D eigenvalue weighted by atomic mass is 16.6. The van der Waals surface area contributed by atoms with Crippen LogP contribution in [0.15, 0.2) is 48.6 Å². The van der Waals surface area contributed by atoms with Gasteiger partial charge in [-0.25, -0.2) is 0 Å². The molecule has 0 saturated carbocycles. The fraction of sp³-hybridized carbons (Fsp3) is 0.817. The predicted molar refractivity (Wildman–Crippen MR) is 284 cm³/mol. The first-order chi connectivity index (χ1) is 32.5. The van der Waals surface area contributed by atoms with Gasteiger partial charge in [0.15, 0.2) is 6.10 Å². The summed E-state index contributed by atoms with van der Waals surface area (Å²) in [5.74, 6) is -0.910. The van der Waals surface area contributed by atoms with E-state index in [4.69, 9.17) is 14.2 Å². The zero-order valence-electron chi connectivity index (χ0n) is 44.0. The summed E-state index contributed by atoms with van der Waals surface area (Å²) in [6, 6.07) is 0. The Morgan fingerprint density at radius 3 is 0.924 bits per heavy atom. The lowest BCUT2D eigenvalue weighted by Gasteiger charge is -2.18. The second-order valence-electron chi connectivity index (χ2n) is 19.2. The van der Waals surface area contributed by atoms with Crippen molar-refractivity contribution in [3.8, 4) is 0 Å². The number of hydrogen-bond donors (Lipinski definition) is 0. The summed E-state index contributed by atoms with van der Waals surface area (Å²) in [4.78, 5) is 38.1. The quantitative estimate of drug-likeness (QED) is 0.0262. The van der Waals surface area contributed by atoms with Gasteiger partial charge >= 0.3 is 17.9 Å². The summed E-state index contributed by atoms with van der Waals surface area (Å²) < 4.78 is 16.8. The molecule has 0 heterocycles. The van der Waals surface area contributed by atoms with Crippen LogP contribution in [0.5, 0.6) is 0 Å². The van der Waals surface area contributed by atoms with Gasteiger partial charge in [0.2, 0.25) is 0 Å². The molecule has 0 bridgehead atoms. The number of carbonyl (C=O) groups is 3. The zero-order chi connectivity index (χ0) is 47.9. The lowest BCUT2D eigenvalue weighted by Crippen LogP contribution is -2.30. The van der Waals surface area contributed by atoms with Crippen molar-refractivity contribution >= 4 is 17.9 Å². The van der Waals surface area contributed by atoms with Crippen molar-refractivity contribution in [3.05, 3.63) is 48.6 Å². The number of rotatable bonds is 52. The van der Waals surface area contributed by atoms with Gasteiger partial charge in [-0.15, -0.1) is 0 Å². The van der Waals surface area contributed by atoms with Crippen molar-refractivity contribution in [2.24, 2.45) is 0 Å². The van der Waals surface area contributed by atoms with Crippen molar-refractivity contribution < 1.29 is 28.6 Å². The van der Waals surface area contributed by atoms with Gasteiger partial charge < -0.3 is 14.2 Å². The molecule has 0 saturated heterocycles. The van der Waals surface area contributed by atoms with Gasteiger partial charge in [-0.05, 0) is 57.8 Å². The molecular formula is C60H108O6. The second kappa shape index (κ2) is 55.0. The van der Waals surface area contributed by atoms with E-state index in [2.05, 4.69) is 69.4 Å². The highest BCUT2D eigenvalue weighted by molar-refractivity contribution is 5.71. The summed E-state index contributed by atoms with van der Waals surface area (Å²) in [6.45, 7) is 6.52. The zero-order valence-corrected chi connectivity index (χ0v) is 44.0. The molecule has 0 fully saturated rings. The number of unbranched alkanes of at least 4 members (excludes halogenated alkanes) is 33. The second-order valence-corrected chi connectivity index (χ2v) is 19.2. The molecule has 0 aromatic carbocycles. The molecule has 0 rings (SSSR count). The Hall–Kier alpha value is -2.63. The molecule has 66 heavy (non-hydrogen) atoms. The van der Waals surface area contributed by atoms with E-state index >= 15 is 0 Å². The monoisotopic (exact) mass is 925 g/mol. The van der Waals surface area contributed by atoms with Gasteiger partial charge in [-0.3, -0.25) is 14.4 Å². The molecule has 0 amide bonds. The Bertz CT molecular complexity index is 1150. The van der Waals surface area contributed by atoms with E-state index < -0.39 is 6.10 Å². The summed E-state index contributed by atoms with van der Waals surface area (Å²) in [5, 5.41) is 0. The molecule has 384 valence electrons. The van der Waals surface area contributed by atoms with Gasteiger partial charge in [0, 0.05) is 19.3 Å². The predicted octanol–water partition coefficient (Wildman–Crippen LogP) is 19.0. The maximum atomic E-state index is 12.9. The SMILES string of the molecule is CC/C=C\C/C=C\C/C=C\C/C=C\CCCCC(=O)OC[C@H](COC(=O)CCCCCCCCCCCCCC)OC(=O)CCCCCCCCCCCCCCCCCCCCCCC. The Morgan fingerprint density at radius 1 is 0.318 bits per heavy atom. The molecule has 0 aromatic rings. The van der Waals surface area contributed by atoms with Crippen LogP contribution in [0.1, 0.15) is 297 Å². The van der Waals surface area contributed by atoms with Gasteiger partial charge in [0.05, 0.1) is 0 Å². The van der Waals surface area contributed by atoms with E-state index in [0.29, 0.717) is 19.3 Å². The van der Waals surface area contributed by atoms with Gasteiger partial charge in [0.25, 0.3) is 0 Å². The first-order valence-electron chi connectivity index (χ1n) is 28.6. The van der Waals surface area contributed by atoms with Crippen LogP contribution >= 0.6 is 0 Å². The standard InChI is InChI=1S/C60H108O6/c1-4-7-10-13-16-19-22-25-27-28-29-30-31-32-34-36-39-42-45-48-51-54-60(63)66-57(55-64-58(61)52-49-46-43-40-37-24-21-18-15-12-9-6-3)56-65-59(62)53-50-47-44-41-38-35-33-26-23-20-17-14-11-8-5-2/h8,11,17,20,26,33,38,41,57H,4-7,9-10,12-16,18-19,21-25,27-32,34-37,39-40,42-56H2,1-3H3/b11-8-,20-17-,33-26-,41-38-/t57-/m0/s1. The molecule has 0 radical (unpaired) electrons. The number of allylic oxidation sites excluding steroid dienone is 8. The summed E-state index contributed by atoms with van der Waals surface area (Å²) in [5.41, 5.74) is 0. The highest BCUT2D eigenvalue weighted by Crippen LogP contribution is 2.17. The highest BCUT2D eigenvalue weighted by Gasteiger charge is 2.19. The van der Waals surface area contributed by atoms with Crippen LogP contribution in [-0.2, 0) is 28.6 Å². The number of esters is 3. The van der Waals surface area contributed by atoms with E-state index in [1.165, 1.54) is 173 Å². The van der Waals surface area contributed by atoms with Crippen LogP contribution in [-0.4, -0.2) is 37.2 Å². The van der Waals surface area contributed by atoms with Crippen molar-refractivity contribution in [2.75, 3.05) is 13.2 Å². The largest absolute Gasteiger partial charge is 0.462 e. The molecule has 0 unspecified atom stereocenters. The minimum Gasteiger partial charge on any atom is -0.462 e. The molecule has 1 atom stereocenters. The average Bonchev–Trinajstić information content (AvgIpc) is 3.31. The van der Waals surface area contributed by atoms with Crippen molar-refractivity contribution in [1.82, 2.24) is 0 Å². The number of carbonyl (C=O) groups excluding carboxylic acids is 3. The Labute approximate surface area is 409 Å². The van der Waals surface area contributed by atoms with Crippen LogP contribution in [0.3, 0.4) is 0 Å². The molecule has 0 aromatic heterocycles. The maximum absolute atomic E-state index is 12.9. The lowest BCUT2D eigenvalue weighted by atomic mass is 10.0. The topological polar surface area (TPSA) is 78.9 Å². The summed E-state index contributed by atoms with van der Waals surface area (Å²) >= 11 is 0. The normalized spacial score (nSPS) is 12.3. The first-order valence-corrected chi connectivity index (χ1v) is 28.6. The molecule has 0 aliphatic heterocycles. The van der Waals surface area contributed by atoms with Gasteiger partial charge in [-0.1, -0.05) is 268 Å². The van der Waals surface area contributed by atoms with Crippen LogP contribution in [0.4, 0.5) is 0 Å². The molecule has 0 aliphatic rings. The van der Waals surface area contributed by atoms with Crippen LogP contribution in [0, 0.1) is 0 Å². The molecular weight excluding hydrogens is 817 g/mol. The number of ether oxygens (including phenoxy) is 3. The molecule has 0 N–H and O–H groups in total. The van der Waals surface area contributed by atoms with Crippen LogP contribution in [0.2, 0.25) is 0 Å². The summed E-state index contributed by atoms with van der Waals surface area (Å²) in [6.07, 6.45) is 66.8. The third-order valence-corrected chi connectivity index (χ3v) is 12.6. The van der Waals surface area contributed by atoms with E-state index in [1.807, 2.05) is 0 Å². The van der Waals surface area contributed by atoms with Crippen molar-refractivity contribution in [3.63, 3.8) is 0 Å². The van der Waals surface area contributed by atoms with E-state index in [1.54, 1.807) is 0 Å². The third kappa shape index (κ3) is 52.3. The fourth-order valence-corrected chi connectivity index (χ4v) is 8.32. The summed E-state index contributed by atoms with van der Waals surface area (Å²) in [7, 11) is 0. The van der Waals surface area contributed by atoms with Crippen molar-refractivity contribution in [1.29, 1.82) is 0 Å². The van der Waals surface area contributed by atoms with E-state index in [9.17, 15) is 14.4 Å². The van der Waals surface area contributed by atoms with Gasteiger partial charge in [0.1, 0.15) is 13.2 Å². The lowest BCUT2D eigenvalue weighted by molar-refractivity contribution is -0.167. The molecule has 0 spiro atoms. The minimum atomic E-state index is -0.786. The Kier molecular flexibility index (Phi) is 52.8. The van der Waals surface area contributed by atoms with Crippen LogP contribution in [0.25, 0.3) is 0 Å². The Morgan fingerprint density at radius 2 is 0.591 bits per heavy atom. The average molecular weight is 926 g/mol. The number of hydrogen-bond acceptors (Lipinski definition) is 6. The Balaban J connectivity index is 4.33. The molecule has 6 heteroatoms. The van der Waals surface area contributed by atoms with Crippen molar-refractivity contribution in [2.45, 2.75) is 303 Å². The maximum Gasteiger partial charge on any atom is 0.306 e. The van der Waals surface area contributed by atoms with Crippen LogP contribution < -0.4 is 0 Å². The molecule has 6 nitrogen and oxygen atoms in total. The van der Waals surface area contributed by atoms with E-state index in [0.717, 1.165) is 83.5 Å². The smallest absolute Gasteiger partial charge is 0.306 e. The van der Waals surface area contributed by atoms with E-state index in [-0.39, 0.29) is 31.1 Å². The molecule has 0 aliphatic carbocycles. The fourth-order valence-electron chi connectivity index (χ4n) is 8.32. The minimum absolute atomic E-state index is 0.0821. The van der Waals surface area contributed by atoms with Gasteiger partial charge in [-0.2, -0.15) is 0 Å². The first kappa shape index (κ1) is 63.4.